The van der Waals surface area contributed by atoms with E-state index < -0.39 is 6.36 Å². The van der Waals surface area contributed by atoms with Crippen LogP contribution in [0.2, 0.25) is 0 Å². The average Bonchev–Trinajstić information content (AvgIpc) is 2.37. The molecular formula is C13H11F3N2O2. The second-order valence-electron chi connectivity index (χ2n) is 3.94. The minimum Gasteiger partial charge on any atom is -0.409 e. The average molecular weight is 284 g/mol. The summed E-state index contributed by atoms with van der Waals surface area (Å²) in [6.45, 7) is 0. The van der Waals surface area contributed by atoms with Crippen molar-refractivity contribution in [3.8, 4) is 22.6 Å². The van der Waals surface area contributed by atoms with E-state index in [-0.39, 0.29) is 5.75 Å². The molecule has 2 rings (SSSR count). The SMILES string of the molecule is NOc1ccc(-c2ccc(OC(F)(F)F)cc2)cc1N. The minimum absolute atomic E-state index is 0.281. The van der Waals surface area contributed by atoms with Gasteiger partial charge in [-0.3, -0.25) is 0 Å². The monoisotopic (exact) mass is 284 g/mol. The first-order chi connectivity index (χ1) is 9.39. The second kappa shape index (κ2) is 5.30. The second-order valence-corrected chi connectivity index (χ2v) is 3.94. The number of halogens is 3. The van der Waals surface area contributed by atoms with Gasteiger partial charge in [0.25, 0.3) is 0 Å². The quantitative estimate of drug-likeness (QED) is 0.671. The molecule has 0 radical (unpaired) electrons. The maximum Gasteiger partial charge on any atom is 0.573 e. The highest BCUT2D eigenvalue weighted by atomic mass is 19.4. The number of nitrogens with two attached hydrogens (primary N) is 2. The van der Waals surface area contributed by atoms with Gasteiger partial charge in [-0.1, -0.05) is 18.2 Å². The van der Waals surface area contributed by atoms with Gasteiger partial charge in [0.15, 0.2) is 5.75 Å². The fourth-order valence-corrected chi connectivity index (χ4v) is 1.68. The van der Waals surface area contributed by atoms with Crippen LogP contribution in [0.4, 0.5) is 18.9 Å². The third kappa shape index (κ3) is 3.33. The summed E-state index contributed by atoms with van der Waals surface area (Å²) in [5.74, 6) is 5.06. The Labute approximate surface area is 112 Å². The van der Waals surface area contributed by atoms with E-state index in [1.165, 1.54) is 24.3 Å². The highest BCUT2D eigenvalue weighted by Gasteiger charge is 2.30. The maximum atomic E-state index is 12.0. The lowest BCUT2D eigenvalue weighted by Crippen LogP contribution is -2.16. The number of alkyl halides is 3. The van der Waals surface area contributed by atoms with Gasteiger partial charge in [0, 0.05) is 0 Å². The molecule has 2 aromatic carbocycles. The van der Waals surface area contributed by atoms with E-state index in [1.807, 2.05) is 0 Å². The molecule has 0 aliphatic heterocycles. The summed E-state index contributed by atoms with van der Waals surface area (Å²) in [6, 6.07) is 10.3. The van der Waals surface area contributed by atoms with Crippen LogP contribution in [0.5, 0.6) is 11.5 Å². The predicted molar refractivity (Wildman–Crippen MR) is 67.8 cm³/mol. The van der Waals surface area contributed by atoms with Gasteiger partial charge in [-0.2, -0.15) is 5.90 Å². The highest BCUT2D eigenvalue weighted by Crippen LogP contribution is 2.30. The molecule has 0 atom stereocenters. The Hall–Kier alpha value is -2.41. The van der Waals surface area contributed by atoms with Crippen LogP contribution in [0.25, 0.3) is 11.1 Å². The Bertz CT molecular complexity index is 598. The molecule has 0 amide bonds. The van der Waals surface area contributed by atoms with Crippen molar-refractivity contribution in [2.45, 2.75) is 6.36 Å². The molecule has 0 spiro atoms. The molecule has 4 N–H and O–H groups in total. The van der Waals surface area contributed by atoms with Crippen molar-refractivity contribution in [3.63, 3.8) is 0 Å². The van der Waals surface area contributed by atoms with Gasteiger partial charge in [0.05, 0.1) is 5.69 Å². The van der Waals surface area contributed by atoms with E-state index in [1.54, 1.807) is 18.2 Å². The van der Waals surface area contributed by atoms with Crippen LogP contribution in [0.15, 0.2) is 42.5 Å². The molecule has 0 aliphatic rings. The number of hydrogen-bond donors (Lipinski definition) is 2. The summed E-state index contributed by atoms with van der Waals surface area (Å²) in [6.07, 6.45) is -4.70. The number of rotatable bonds is 3. The number of nitrogen functional groups attached to an aromatic ring is 1. The van der Waals surface area contributed by atoms with Crippen molar-refractivity contribution in [2.24, 2.45) is 5.90 Å². The van der Waals surface area contributed by atoms with Gasteiger partial charge in [-0.05, 0) is 35.4 Å². The first-order valence-corrected chi connectivity index (χ1v) is 5.51. The zero-order chi connectivity index (χ0) is 14.8. The standard InChI is InChI=1S/C13H11F3N2O2/c14-13(15,16)19-10-4-1-8(2-5-10)9-3-6-12(20-18)11(17)7-9/h1-7H,17-18H2. The molecule has 0 saturated carbocycles. The normalized spacial score (nSPS) is 11.2. The summed E-state index contributed by atoms with van der Waals surface area (Å²) < 4.78 is 39.9. The maximum absolute atomic E-state index is 12.0. The summed E-state index contributed by atoms with van der Waals surface area (Å²) in [5, 5.41) is 0. The molecule has 2 aromatic rings. The van der Waals surface area contributed by atoms with Crippen molar-refractivity contribution < 1.29 is 22.7 Å². The lowest BCUT2D eigenvalue weighted by atomic mass is 10.0. The van der Waals surface area contributed by atoms with Crippen LogP contribution in [-0.4, -0.2) is 6.36 Å². The van der Waals surface area contributed by atoms with Crippen LogP contribution in [0.1, 0.15) is 0 Å². The minimum atomic E-state index is -4.70. The van der Waals surface area contributed by atoms with Crippen LogP contribution in [0, 0.1) is 0 Å². The third-order valence-electron chi connectivity index (χ3n) is 2.56. The fourth-order valence-electron chi connectivity index (χ4n) is 1.68. The highest BCUT2D eigenvalue weighted by molar-refractivity contribution is 5.71. The molecule has 106 valence electrons. The van der Waals surface area contributed by atoms with E-state index >= 15 is 0 Å². The summed E-state index contributed by atoms with van der Waals surface area (Å²) >= 11 is 0. The molecular weight excluding hydrogens is 273 g/mol. The molecule has 20 heavy (non-hydrogen) atoms. The molecule has 0 saturated heterocycles. The summed E-state index contributed by atoms with van der Waals surface area (Å²) in [4.78, 5) is 4.54. The van der Waals surface area contributed by atoms with Gasteiger partial charge >= 0.3 is 6.36 Å². The third-order valence-corrected chi connectivity index (χ3v) is 2.56. The van der Waals surface area contributed by atoms with E-state index in [0.717, 1.165) is 5.56 Å². The van der Waals surface area contributed by atoms with E-state index in [4.69, 9.17) is 11.6 Å². The van der Waals surface area contributed by atoms with Crippen LogP contribution in [-0.2, 0) is 0 Å². The van der Waals surface area contributed by atoms with Crippen LogP contribution in [0.3, 0.4) is 0 Å². The van der Waals surface area contributed by atoms with Gasteiger partial charge in [-0.15, -0.1) is 13.2 Å². The van der Waals surface area contributed by atoms with Crippen LogP contribution >= 0.6 is 0 Å². The van der Waals surface area contributed by atoms with Crippen molar-refractivity contribution in [1.29, 1.82) is 0 Å². The first kappa shape index (κ1) is 14.0. The summed E-state index contributed by atoms with van der Waals surface area (Å²) in [5.41, 5.74) is 7.45. The van der Waals surface area contributed by atoms with Gasteiger partial charge in [0.2, 0.25) is 0 Å². The van der Waals surface area contributed by atoms with Gasteiger partial charge in [-0.25, -0.2) is 0 Å². The lowest BCUT2D eigenvalue weighted by molar-refractivity contribution is -0.274. The van der Waals surface area contributed by atoms with E-state index in [9.17, 15) is 13.2 Å². The zero-order valence-corrected chi connectivity index (χ0v) is 10.1. The van der Waals surface area contributed by atoms with Crippen molar-refractivity contribution in [3.05, 3.63) is 42.5 Å². The lowest BCUT2D eigenvalue weighted by Gasteiger charge is -2.10. The van der Waals surface area contributed by atoms with Gasteiger partial charge in [0.1, 0.15) is 5.75 Å². The molecule has 0 aromatic heterocycles. The van der Waals surface area contributed by atoms with Crippen molar-refractivity contribution >= 4 is 5.69 Å². The number of benzene rings is 2. The topological polar surface area (TPSA) is 70.5 Å². The Morgan fingerprint density at radius 3 is 2.00 bits per heavy atom. The zero-order valence-electron chi connectivity index (χ0n) is 10.1. The Kier molecular flexibility index (Phi) is 3.71. The number of hydrogen-bond acceptors (Lipinski definition) is 4. The Balaban J connectivity index is 2.24. The van der Waals surface area contributed by atoms with Gasteiger partial charge < -0.3 is 15.3 Å². The van der Waals surface area contributed by atoms with Crippen molar-refractivity contribution in [1.82, 2.24) is 0 Å². The smallest absolute Gasteiger partial charge is 0.409 e. The fraction of sp³-hybridized carbons (Fsp3) is 0.0769. The molecule has 7 heteroatoms. The first-order valence-electron chi connectivity index (χ1n) is 5.51. The van der Waals surface area contributed by atoms with E-state index in [2.05, 4.69) is 9.57 Å². The number of ether oxygens (including phenoxy) is 1. The van der Waals surface area contributed by atoms with Crippen molar-refractivity contribution in [2.75, 3.05) is 5.73 Å². The van der Waals surface area contributed by atoms with E-state index in [0.29, 0.717) is 17.0 Å². The Morgan fingerprint density at radius 1 is 0.900 bits per heavy atom. The van der Waals surface area contributed by atoms with Crippen LogP contribution < -0.4 is 21.2 Å². The largest absolute Gasteiger partial charge is 0.573 e. The number of anilines is 1. The molecule has 0 unspecified atom stereocenters. The molecule has 0 heterocycles. The molecule has 0 bridgehead atoms. The summed E-state index contributed by atoms with van der Waals surface area (Å²) in [7, 11) is 0. The molecule has 0 fully saturated rings. The molecule has 4 nitrogen and oxygen atoms in total. The predicted octanol–water partition coefficient (Wildman–Crippen LogP) is 3.09. The molecule has 0 aliphatic carbocycles. The Morgan fingerprint density at radius 2 is 1.50 bits per heavy atom.